The van der Waals surface area contributed by atoms with Crippen LogP contribution in [0.2, 0.25) is 0 Å². The van der Waals surface area contributed by atoms with E-state index in [2.05, 4.69) is 36.5 Å². The van der Waals surface area contributed by atoms with Crippen LogP contribution in [0, 0.1) is 0 Å². The highest BCUT2D eigenvalue weighted by molar-refractivity contribution is 9.10. The molecule has 0 saturated carbocycles. The van der Waals surface area contributed by atoms with Crippen LogP contribution in [-0.2, 0) is 0 Å². The third-order valence-corrected chi connectivity index (χ3v) is 4.05. The standard InChI is InChI=1S/C18H16BrN5O/c1-11(25)12-3-2-4-15(9-12)24-18-16(20)17(21-10-22-18)23-14-7-5-13(19)6-8-14/h2-10H,20H2,1H3,(H2,21,22,23,24). The van der Waals surface area contributed by atoms with Gasteiger partial charge in [0.05, 0.1) is 0 Å². The number of Topliss-reactive ketones (excluding diaryl/α,β-unsaturated/α-hetero) is 1. The number of rotatable bonds is 5. The Labute approximate surface area is 153 Å². The first-order chi connectivity index (χ1) is 12.0. The number of nitrogens with two attached hydrogens (primary N) is 1. The monoisotopic (exact) mass is 397 g/mol. The van der Waals surface area contributed by atoms with Crippen LogP contribution < -0.4 is 16.4 Å². The van der Waals surface area contributed by atoms with Crippen molar-refractivity contribution in [1.29, 1.82) is 0 Å². The fourth-order valence-electron chi connectivity index (χ4n) is 2.22. The van der Waals surface area contributed by atoms with Gasteiger partial charge in [-0.05, 0) is 43.3 Å². The number of carbonyl (C=O) groups is 1. The van der Waals surface area contributed by atoms with Crippen LogP contribution in [0.5, 0.6) is 0 Å². The van der Waals surface area contributed by atoms with Gasteiger partial charge in [-0.15, -0.1) is 0 Å². The number of nitrogen functional groups attached to an aromatic ring is 1. The first kappa shape index (κ1) is 16.9. The Balaban J connectivity index is 1.84. The average Bonchev–Trinajstić information content (AvgIpc) is 2.60. The molecule has 1 heterocycles. The largest absolute Gasteiger partial charge is 0.393 e. The number of hydrogen-bond acceptors (Lipinski definition) is 6. The molecule has 0 atom stereocenters. The lowest BCUT2D eigenvalue weighted by Crippen LogP contribution is -2.05. The summed E-state index contributed by atoms with van der Waals surface area (Å²) in [6.07, 6.45) is 1.43. The zero-order valence-corrected chi connectivity index (χ0v) is 15.0. The van der Waals surface area contributed by atoms with Crippen LogP contribution in [-0.4, -0.2) is 15.8 Å². The molecule has 3 rings (SSSR count). The van der Waals surface area contributed by atoms with E-state index >= 15 is 0 Å². The summed E-state index contributed by atoms with van der Waals surface area (Å²) < 4.78 is 0.987. The predicted octanol–water partition coefficient (Wildman–Crippen LogP) is 4.51. The molecule has 6 nitrogen and oxygen atoms in total. The Bertz CT molecular complexity index is 912. The van der Waals surface area contributed by atoms with Crippen molar-refractivity contribution < 1.29 is 4.79 Å². The number of aromatic nitrogens is 2. The second-order valence-corrected chi connectivity index (χ2v) is 6.29. The quantitative estimate of drug-likeness (QED) is 0.548. The summed E-state index contributed by atoms with van der Waals surface area (Å²) in [4.78, 5) is 19.9. The molecule has 0 saturated heterocycles. The van der Waals surface area contributed by atoms with Crippen molar-refractivity contribution in [2.75, 3.05) is 16.4 Å². The van der Waals surface area contributed by atoms with Crippen molar-refractivity contribution in [2.45, 2.75) is 6.92 Å². The van der Waals surface area contributed by atoms with Gasteiger partial charge in [0, 0.05) is 21.4 Å². The topological polar surface area (TPSA) is 92.9 Å². The molecule has 0 fully saturated rings. The molecule has 2 aromatic carbocycles. The molecular formula is C18H16BrN5O. The number of carbonyl (C=O) groups excluding carboxylic acids is 1. The van der Waals surface area contributed by atoms with Gasteiger partial charge in [-0.3, -0.25) is 4.79 Å². The number of anilines is 5. The van der Waals surface area contributed by atoms with Gasteiger partial charge in [0.25, 0.3) is 0 Å². The lowest BCUT2D eigenvalue weighted by Gasteiger charge is -2.13. The summed E-state index contributed by atoms with van der Waals surface area (Å²) in [6, 6.07) is 14.8. The van der Waals surface area contributed by atoms with E-state index in [4.69, 9.17) is 5.73 Å². The second-order valence-electron chi connectivity index (χ2n) is 5.38. The summed E-state index contributed by atoms with van der Waals surface area (Å²) in [5.41, 5.74) is 8.77. The van der Waals surface area contributed by atoms with Crippen molar-refractivity contribution in [3.8, 4) is 0 Å². The maximum absolute atomic E-state index is 11.5. The summed E-state index contributed by atoms with van der Waals surface area (Å²) in [5.74, 6) is 0.967. The Kier molecular flexibility index (Phi) is 4.95. The molecule has 3 aromatic rings. The van der Waals surface area contributed by atoms with Gasteiger partial charge in [0.1, 0.15) is 12.0 Å². The average molecular weight is 398 g/mol. The number of nitrogens with one attached hydrogen (secondary N) is 2. The number of nitrogens with zero attached hydrogens (tertiary/aromatic N) is 2. The van der Waals surface area contributed by atoms with Crippen LogP contribution in [0.4, 0.5) is 28.7 Å². The molecule has 1 aromatic heterocycles. The third kappa shape index (κ3) is 4.13. The Morgan fingerprint density at radius 2 is 1.64 bits per heavy atom. The van der Waals surface area contributed by atoms with Crippen LogP contribution in [0.15, 0.2) is 59.3 Å². The predicted molar refractivity (Wildman–Crippen MR) is 104 cm³/mol. The van der Waals surface area contributed by atoms with Crippen molar-refractivity contribution >= 4 is 50.4 Å². The number of halogens is 1. The fourth-order valence-corrected chi connectivity index (χ4v) is 2.48. The van der Waals surface area contributed by atoms with E-state index in [1.165, 1.54) is 13.3 Å². The van der Waals surface area contributed by atoms with Gasteiger partial charge in [-0.1, -0.05) is 28.1 Å². The molecular weight excluding hydrogens is 382 g/mol. The van der Waals surface area contributed by atoms with E-state index < -0.39 is 0 Å². The van der Waals surface area contributed by atoms with Gasteiger partial charge >= 0.3 is 0 Å². The smallest absolute Gasteiger partial charge is 0.159 e. The highest BCUT2D eigenvalue weighted by Gasteiger charge is 2.09. The van der Waals surface area contributed by atoms with E-state index in [9.17, 15) is 4.79 Å². The molecule has 0 unspecified atom stereocenters. The first-order valence-corrected chi connectivity index (χ1v) is 8.33. The number of hydrogen-bond donors (Lipinski definition) is 3. The zero-order valence-electron chi connectivity index (χ0n) is 13.5. The van der Waals surface area contributed by atoms with E-state index in [1.807, 2.05) is 30.3 Å². The van der Waals surface area contributed by atoms with Gasteiger partial charge in [-0.25, -0.2) is 9.97 Å². The minimum absolute atomic E-state index is 0.00287. The summed E-state index contributed by atoms with van der Waals surface area (Å²) in [7, 11) is 0. The van der Waals surface area contributed by atoms with Crippen molar-refractivity contribution in [1.82, 2.24) is 9.97 Å². The second kappa shape index (κ2) is 7.31. The van der Waals surface area contributed by atoms with Crippen molar-refractivity contribution in [3.05, 3.63) is 64.9 Å². The van der Waals surface area contributed by atoms with E-state index in [-0.39, 0.29) is 5.78 Å². The highest BCUT2D eigenvalue weighted by Crippen LogP contribution is 2.28. The zero-order chi connectivity index (χ0) is 17.8. The molecule has 0 aliphatic carbocycles. The van der Waals surface area contributed by atoms with Gasteiger partial charge < -0.3 is 16.4 Å². The molecule has 25 heavy (non-hydrogen) atoms. The molecule has 0 radical (unpaired) electrons. The van der Waals surface area contributed by atoms with Crippen molar-refractivity contribution in [3.63, 3.8) is 0 Å². The van der Waals surface area contributed by atoms with Gasteiger partial charge in [-0.2, -0.15) is 0 Å². The molecule has 126 valence electrons. The fraction of sp³-hybridized carbons (Fsp3) is 0.0556. The summed E-state index contributed by atoms with van der Waals surface area (Å²) in [5, 5.41) is 6.29. The molecule has 0 spiro atoms. The van der Waals surface area contributed by atoms with E-state index in [0.717, 1.165) is 15.8 Å². The van der Waals surface area contributed by atoms with Crippen LogP contribution in [0.3, 0.4) is 0 Å². The van der Waals surface area contributed by atoms with Crippen LogP contribution in [0.25, 0.3) is 0 Å². The third-order valence-electron chi connectivity index (χ3n) is 3.52. The molecule has 0 bridgehead atoms. The van der Waals surface area contributed by atoms with Crippen LogP contribution in [0.1, 0.15) is 17.3 Å². The lowest BCUT2D eigenvalue weighted by molar-refractivity contribution is 0.101. The summed E-state index contributed by atoms with van der Waals surface area (Å²) >= 11 is 3.40. The minimum atomic E-state index is -0.00287. The lowest BCUT2D eigenvalue weighted by atomic mass is 10.1. The maximum Gasteiger partial charge on any atom is 0.159 e. The molecule has 4 N–H and O–H groups in total. The first-order valence-electron chi connectivity index (χ1n) is 7.54. The highest BCUT2D eigenvalue weighted by atomic mass is 79.9. The molecule has 7 heteroatoms. The maximum atomic E-state index is 11.5. The summed E-state index contributed by atoms with van der Waals surface area (Å²) in [6.45, 7) is 1.53. The van der Waals surface area contributed by atoms with E-state index in [0.29, 0.717) is 22.9 Å². The van der Waals surface area contributed by atoms with E-state index in [1.54, 1.807) is 18.2 Å². The Morgan fingerprint density at radius 1 is 1.00 bits per heavy atom. The molecule has 0 aliphatic heterocycles. The minimum Gasteiger partial charge on any atom is -0.393 e. The SMILES string of the molecule is CC(=O)c1cccc(Nc2ncnc(Nc3ccc(Br)cc3)c2N)c1. The van der Waals surface area contributed by atoms with Crippen LogP contribution >= 0.6 is 15.9 Å². The Morgan fingerprint density at radius 3 is 2.28 bits per heavy atom. The van der Waals surface area contributed by atoms with Crippen molar-refractivity contribution in [2.24, 2.45) is 0 Å². The number of ketones is 1. The van der Waals surface area contributed by atoms with Gasteiger partial charge in [0.15, 0.2) is 17.4 Å². The Hall–Kier alpha value is -2.93. The molecule has 0 aliphatic rings. The molecule has 0 amide bonds. The number of benzene rings is 2. The normalized spacial score (nSPS) is 10.3. The van der Waals surface area contributed by atoms with Gasteiger partial charge in [0.2, 0.25) is 0 Å².